The first kappa shape index (κ1) is 19.8. The Kier molecular flexibility index (Phi) is 5.35. The highest BCUT2D eigenvalue weighted by Gasteiger charge is 2.14. The Balaban J connectivity index is 1.39. The number of halogens is 1. The molecule has 1 aromatic heterocycles. The summed E-state index contributed by atoms with van der Waals surface area (Å²) in [7, 11) is -3.75. The molecule has 0 aliphatic rings. The molecule has 1 amide bonds. The summed E-state index contributed by atoms with van der Waals surface area (Å²) < 4.78 is 40.0. The zero-order chi connectivity index (χ0) is 21.1. The quantitative estimate of drug-likeness (QED) is 0.437. The highest BCUT2D eigenvalue weighted by molar-refractivity contribution is 7.89. The van der Waals surface area contributed by atoms with Crippen LogP contribution in [0.25, 0.3) is 10.9 Å². The molecule has 0 unspecified atom stereocenters. The Morgan fingerprint density at radius 3 is 2.40 bits per heavy atom. The van der Waals surface area contributed by atoms with Gasteiger partial charge in [-0.3, -0.25) is 4.79 Å². The van der Waals surface area contributed by atoms with Gasteiger partial charge in [-0.15, -0.1) is 0 Å². The minimum absolute atomic E-state index is 0.0145. The van der Waals surface area contributed by atoms with Crippen LogP contribution in [0.2, 0.25) is 0 Å². The summed E-state index contributed by atoms with van der Waals surface area (Å²) in [5, 5.41) is 3.84. The number of aromatic amines is 1. The normalized spacial score (nSPS) is 11.5. The number of nitrogens with one attached hydrogen (secondary N) is 3. The van der Waals surface area contributed by atoms with Gasteiger partial charge >= 0.3 is 0 Å². The highest BCUT2D eigenvalue weighted by atomic mass is 32.2. The third-order valence-electron chi connectivity index (χ3n) is 4.62. The fourth-order valence-electron chi connectivity index (χ4n) is 2.98. The molecule has 0 aliphatic carbocycles. The lowest BCUT2D eigenvalue weighted by atomic mass is 10.1. The molecule has 30 heavy (non-hydrogen) atoms. The Morgan fingerprint density at radius 1 is 0.933 bits per heavy atom. The molecule has 8 heteroatoms. The van der Waals surface area contributed by atoms with Crippen molar-refractivity contribution in [1.29, 1.82) is 0 Å². The third-order valence-corrected chi connectivity index (χ3v) is 6.03. The minimum Gasteiger partial charge on any atom is -0.361 e. The van der Waals surface area contributed by atoms with Crippen molar-refractivity contribution in [2.45, 2.75) is 11.4 Å². The zero-order valence-electron chi connectivity index (χ0n) is 15.7. The Labute approximate surface area is 172 Å². The van der Waals surface area contributed by atoms with E-state index in [0.717, 1.165) is 23.0 Å². The number of carbonyl (C=O) groups is 1. The molecule has 1 heterocycles. The molecule has 3 N–H and O–H groups in total. The average molecular weight is 423 g/mol. The van der Waals surface area contributed by atoms with E-state index in [1.165, 1.54) is 12.1 Å². The first-order valence-corrected chi connectivity index (χ1v) is 10.6. The lowest BCUT2D eigenvalue weighted by Gasteiger charge is -2.09. The Morgan fingerprint density at radius 2 is 1.67 bits per heavy atom. The SMILES string of the molecule is O=C(Nc1ccc2[nH]ccc2c1)c1ccc(CNS(=O)(=O)c2ccc(F)cc2)cc1. The molecule has 0 saturated heterocycles. The number of aromatic nitrogens is 1. The highest BCUT2D eigenvalue weighted by Crippen LogP contribution is 2.19. The molecule has 152 valence electrons. The number of hydrogen-bond donors (Lipinski definition) is 3. The largest absolute Gasteiger partial charge is 0.361 e. The van der Waals surface area contributed by atoms with E-state index in [1.807, 2.05) is 30.5 Å². The summed E-state index contributed by atoms with van der Waals surface area (Å²) in [6, 6.07) is 18.7. The van der Waals surface area contributed by atoms with Crippen molar-refractivity contribution >= 4 is 32.5 Å². The van der Waals surface area contributed by atoms with Gasteiger partial charge in [-0.05, 0) is 66.2 Å². The maximum Gasteiger partial charge on any atom is 0.255 e. The number of H-pyrrole nitrogens is 1. The summed E-state index contributed by atoms with van der Waals surface area (Å²) in [5.74, 6) is -0.765. The van der Waals surface area contributed by atoms with Crippen molar-refractivity contribution in [3.05, 3.63) is 95.9 Å². The number of fused-ring (bicyclic) bond motifs is 1. The molecule has 4 aromatic rings. The molecule has 0 saturated carbocycles. The standard InChI is InChI=1S/C22H18FN3O3S/c23-18-5-8-20(9-6-18)30(28,29)25-14-15-1-3-16(4-2-15)22(27)26-19-7-10-21-17(13-19)11-12-24-21/h1-13,24-25H,14H2,(H,26,27). The number of carbonyl (C=O) groups excluding carboxylic acids is 1. The van der Waals surface area contributed by atoms with Crippen LogP contribution >= 0.6 is 0 Å². The van der Waals surface area contributed by atoms with Gasteiger partial charge in [-0.25, -0.2) is 17.5 Å². The van der Waals surface area contributed by atoms with Gasteiger partial charge < -0.3 is 10.3 Å². The van der Waals surface area contributed by atoms with Crippen LogP contribution in [-0.2, 0) is 16.6 Å². The summed E-state index contributed by atoms with van der Waals surface area (Å²) in [5.41, 5.74) is 2.81. The second kappa shape index (κ2) is 8.10. The van der Waals surface area contributed by atoms with Crippen molar-refractivity contribution in [2.75, 3.05) is 5.32 Å². The monoisotopic (exact) mass is 423 g/mol. The smallest absolute Gasteiger partial charge is 0.255 e. The molecule has 0 fully saturated rings. The van der Waals surface area contributed by atoms with Gasteiger partial charge in [0.05, 0.1) is 4.90 Å². The third kappa shape index (κ3) is 4.40. The lowest BCUT2D eigenvalue weighted by molar-refractivity contribution is 0.102. The second-order valence-electron chi connectivity index (χ2n) is 6.71. The van der Waals surface area contributed by atoms with Gasteiger partial charge in [0.15, 0.2) is 0 Å². The molecule has 3 aromatic carbocycles. The van der Waals surface area contributed by atoms with E-state index in [-0.39, 0.29) is 17.3 Å². The van der Waals surface area contributed by atoms with Crippen molar-refractivity contribution in [2.24, 2.45) is 0 Å². The van der Waals surface area contributed by atoms with Gasteiger partial charge in [-0.1, -0.05) is 12.1 Å². The van der Waals surface area contributed by atoms with Gasteiger partial charge in [0, 0.05) is 34.9 Å². The summed E-state index contributed by atoms with van der Waals surface area (Å²) >= 11 is 0. The second-order valence-corrected chi connectivity index (χ2v) is 8.48. The van der Waals surface area contributed by atoms with E-state index in [1.54, 1.807) is 24.3 Å². The number of sulfonamides is 1. The number of rotatable bonds is 6. The molecular weight excluding hydrogens is 405 g/mol. The van der Waals surface area contributed by atoms with Crippen LogP contribution < -0.4 is 10.0 Å². The van der Waals surface area contributed by atoms with E-state index in [4.69, 9.17) is 0 Å². The van der Waals surface area contributed by atoms with Crippen LogP contribution in [0.15, 0.2) is 83.9 Å². The molecule has 0 radical (unpaired) electrons. The first-order chi connectivity index (χ1) is 14.4. The molecular formula is C22H18FN3O3S. The first-order valence-electron chi connectivity index (χ1n) is 9.13. The number of anilines is 1. The van der Waals surface area contributed by atoms with Crippen molar-refractivity contribution in [3.63, 3.8) is 0 Å². The molecule has 0 aliphatic heterocycles. The maximum atomic E-state index is 13.0. The maximum absolute atomic E-state index is 13.0. The number of amides is 1. The molecule has 0 atom stereocenters. The predicted molar refractivity (Wildman–Crippen MR) is 113 cm³/mol. The van der Waals surface area contributed by atoms with Gasteiger partial charge in [0.2, 0.25) is 10.0 Å². The molecule has 0 bridgehead atoms. The molecule has 6 nitrogen and oxygen atoms in total. The average Bonchev–Trinajstić information content (AvgIpc) is 3.21. The van der Waals surface area contributed by atoms with Crippen molar-refractivity contribution in [1.82, 2.24) is 9.71 Å². The van der Waals surface area contributed by atoms with E-state index in [2.05, 4.69) is 15.0 Å². The number of benzene rings is 3. The van der Waals surface area contributed by atoms with Crippen LogP contribution in [0.5, 0.6) is 0 Å². The molecule has 4 rings (SSSR count). The summed E-state index contributed by atoms with van der Waals surface area (Å²) in [6.45, 7) is 0.0474. The van der Waals surface area contributed by atoms with Gasteiger partial charge in [0.1, 0.15) is 5.82 Å². The van der Waals surface area contributed by atoms with E-state index >= 15 is 0 Å². The summed E-state index contributed by atoms with van der Waals surface area (Å²) in [4.78, 5) is 15.5. The topological polar surface area (TPSA) is 91.1 Å². The summed E-state index contributed by atoms with van der Waals surface area (Å²) in [6.07, 6.45) is 1.83. The van der Waals surface area contributed by atoms with Crippen LogP contribution in [0.4, 0.5) is 10.1 Å². The van der Waals surface area contributed by atoms with Gasteiger partial charge in [0.25, 0.3) is 5.91 Å². The zero-order valence-corrected chi connectivity index (χ0v) is 16.5. The Bertz CT molecular complexity index is 1300. The van der Waals surface area contributed by atoms with E-state index < -0.39 is 15.8 Å². The number of hydrogen-bond acceptors (Lipinski definition) is 3. The van der Waals surface area contributed by atoms with Crippen LogP contribution in [0, 0.1) is 5.82 Å². The van der Waals surface area contributed by atoms with Crippen LogP contribution in [-0.4, -0.2) is 19.3 Å². The van der Waals surface area contributed by atoms with Crippen LogP contribution in [0.3, 0.4) is 0 Å². The van der Waals surface area contributed by atoms with Crippen molar-refractivity contribution < 1.29 is 17.6 Å². The fraction of sp³-hybridized carbons (Fsp3) is 0.0455. The van der Waals surface area contributed by atoms with Crippen LogP contribution in [0.1, 0.15) is 15.9 Å². The Hall–Kier alpha value is -3.49. The minimum atomic E-state index is -3.75. The van der Waals surface area contributed by atoms with E-state index in [0.29, 0.717) is 16.8 Å². The van der Waals surface area contributed by atoms with E-state index in [9.17, 15) is 17.6 Å². The van der Waals surface area contributed by atoms with Gasteiger partial charge in [-0.2, -0.15) is 0 Å². The predicted octanol–water partition coefficient (Wildman–Crippen LogP) is 4.04. The fourth-order valence-corrected chi connectivity index (χ4v) is 4.00. The van der Waals surface area contributed by atoms with Crippen molar-refractivity contribution in [3.8, 4) is 0 Å². The lowest BCUT2D eigenvalue weighted by Crippen LogP contribution is -2.23. The molecule has 0 spiro atoms.